The van der Waals surface area contributed by atoms with Crippen LogP contribution in [-0.4, -0.2) is 17.1 Å². The largest absolute Gasteiger partial charge is 0.497 e. The third kappa shape index (κ3) is 1.89. The number of rotatable bonds is 2. The Morgan fingerprint density at radius 1 is 1.28 bits per heavy atom. The lowest BCUT2D eigenvalue weighted by Gasteiger charge is -2.00. The summed E-state index contributed by atoms with van der Waals surface area (Å²) >= 11 is 1.54. The first-order valence-electron chi connectivity index (χ1n) is 5.43. The molecule has 0 aliphatic rings. The van der Waals surface area contributed by atoms with Crippen LogP contribution in [0.25, 0.3) is 20.9 Å². The number of hydrogen-bond donors (Lipinski definition) is 1. The average Bonchev–Trinajstić information content (AvgIpc) is 2.81. The lowest BCUT2D eigenvalue weighted by atomic mass is 10.2. The van der Waals surface area contributed by atoms with Gasteiger partial charge in [-0.2, -0.15) is 0 Å². The van der Waals surface area contributed by atoms with Crippen molar-refractivity contribution >= 4 is 27.4 Å². The number of fused-ring (bicyclic) bond motifs is 1. The van der Waals surface area contributed by atoms with Gasteiger partial charge in [0.2, 0.25) is 0 Å². The van der Waals surface area contributed by atoms with Crippen molar-refractivity contribution in [3.8, 4) is 16.3 Å². The molecule has 1 aromatic carbocycles. The summed E-state index contributed by atoms with van der Waals surface area (Å²) in [5, 5.41) is 0.919. The molecule has 0 saturated heterocycles. The summed E-state index contributed by atoms with van der Waals surface area (Å²) in [6, 6.07) is 9.66. The van der Waals surface area contributed by atoms with Gasteiger partial charge in [-0.1, -0.05) is 23.5 Å². The van der Waals surface area contributed by atoms with Crippen LogP contribution >= 0.6 is 11.3 Å². The number of nitrogen functional groups attached to an aromatic ring is 1. The predicted molar refractivity (Wildman–Crippen MR) is 73.8 cm³/mol. The van der Waals surface area contributed by atoms with Crippen LogP contribution in [0.1, 0.15) is 0 Å². The van der Waals surface area contributed by atoms with Gasteiger partial charge in [0, 0.05) is 5.56 Å². The molecule has 4 nitrogen and oxygen atoms in total. The van der Waals surface area contributed by atoms with Crippen LogP contribution in [0.5, 0.6) is 5.75 Å². The van der Waals surface area contributed by atoms with Gasteiger partial charge in [0.05, 0.1) is 19.0 Å². The number of methoxy groups -OCH3 is 1. The maximum absolute atomic E-state index is 5.70. The third-order valence-electron chi connectivity index (χ3n) is 2.59. The van der Waals surface area contributed by atoms with Crippen LogP contribution in [0, 0.1) is 0 Å². The van der Waals surface area contributed by atoms with E-state index in [-0.39, 0.29) is 0 Å². The van der Waals surface area contributed by atoms with Gasteiger partial charge >= 0.3 is 0 Å². The number of thiazole rings is 1. The molecule has 0 spiro atoms. The predicted octanol–water partition coefficient (Wildman–Crippen LogP) is 2.95. The van der Waals surface area contributed by atoms with Crippen molar-refractivity contribution in [2.45, 2.75) is 0 Å². The summed E-state index contributed by atoms with van der Waals surface area (Å²) in [5.41, 5.74) is 8.18. The minimum atomic E-state index is 0.630. The number of benzene rings is 1. The first kappa shape index (κ1) is 11.0. The Balaban J connectivity index is 2.13. The van der Waals surface area contributed by atoms with E-state index < -0.39 is 0 Å². The van der Waals surface area contributed by atoms with Crippen molar-refractivity contribution in [1.82, 2.24) is 9.97 Å². The molecule has 0 fully saturated rings. The Hall–Kier alpha value is -2.14. The molecule has 0 bridgehead atoms. The van der Waals surface area contributed by atoms with E-state index in [4.69, 9.17) is 10.5 Å². The zero-order valence-electron chi connectivity index (χ0n) is 9.75. The first-order chi connectivity index (χ1) is 8.76. The van der Waals surface area contributed by atoms with Gasteiger partial charge in [-0.3, -0.25) is 0 Å². The molecule has 0 radical (unpaired) electrons. The van der Waals surface area contributed by atoms with E-state index in [1.54, 1.807) is 24.6 Å². The van der Waals surface area contributed by atoms with Crippen molar-refractivity contribution in [3.63, 3.8) is 0 Å². The summed E-state index contributed by atoms with van der Waals surface area (Å²) < 4.78 is 5.21. The molecule has 3 rings (SSSR count). The molecule has 0 aliphatic carbocycles. The van der Waals surface area contributed by atoms with Gasteiger partial charge in [0.15, 0.2) is 0 Å². The number of nitrogens with two attached hydrogens (primary N) is 1. The van der Waals surface area contributed by atoms with E-state index in [0.29, 0.717) is 5.69 Å². The normalized spacial score (nSPS) is 10.7. The summed E-state index contributed by atoms with van der Waals surface area (Å²) in [7, 11) is 1.65. The first-order valence-corrected chi connectivity index (χ1v) is 6.24. The Kier molecular flexibility index (Phi) is 2.60. The molecule has 0 saturated carbocycles. The molecule has 90 valence electrons. The number of aromatic nitrogens is 2. The Labute approximate surface area is 108 Å². The summed E-state index contributed by atoms with van der Waals surface area (Å²) in [6.45, 7) is 0. The number of anilines is 1. The molecule has 18 heavy (non-hydrogen) atoms. The topological polar surface area (TPSA) is 61.0 Å². The minimum Gasteiger partial charge on any atom is -0.497 e. The van der Waals surface area contributed by atoms with Gasteiger partial charge < -0.3 is 10.5 Å². The molecule has 3 aromatic rings. The van der Waals surface area contributed by atoms with Gasteiger partial charge in [-0.25, -0.2) is 9.97 Å². The third-order valence-corrected chi connectivity index (χ3v) is 3.61. The fraction of sp³-hybridized carbons (Fsp3) is 0.0769. The molecule has 0 atom stereocenters. The van der Waals surface area contributed by atoms with Crippen molar-refractivity contribution in [3.05, 3.63) is 36.5 Å². The Morgan fingerprint density at radius 2 is 2.17 bits per heavy atom. The van der Waals surface area contributed by atoms with E-state index >= 15 is 0 Å². The number of ether oxygens (including phenoxy) is 1. The summed E-state index contributed by atoms with van der Waals surface area (Å²) in [5.74, 6) is 0.819. The summed E-state index contributed by atoms with van der Waals surface area (Å²) in [4.78, 5) is 9.70. The lowest BCUT2D eigenvalue weighted by Crippen LogP contribution is -1.85. The van der Waals surface area contributed by atoms with Crippen LogP contribution in [0.2, 0.25) is 0 Å². The van der Waals surface area contributed by atoms with Crippen LogP contribution in [0.15, 0.2) is 36.5 Å². The number of hydrogen-bond acceptors (Lipinski definition) is 5. The van der Waals surface area contributed by atoms with Crippen molar-refractivity contribution < 1.29 is 4.74 Å². The molecule has 0 aliphatic heterocycles. The van der Waals surface area contributed by atoms with E-state index in [2.05, 4.69) is 9.97 Å². The zero-order valence-corrected chi connectivity index (χ0v) is 10.6. The second kappa shape index (κ2) is 4.27. The van der Waals surface area contributed by atoms with Gasteiger partial charge in [0.25, 0.3) is 0 Å². The summed E-state index contributed by atoms with van der Waals surface area (Å²) in [6.07, 6.45) is 1.65. The maximum Gasteiger partial charge on any atom is 0.143 e. The smallest absolute Gasteiger partial charge is 0.143 e. The average molecular weight is 257 g/mol. The SMILES string of the molecule is COc1cccc(-c2nc3cc(N)cnc3s2)c1. The fourth-order valence-electron chi connectivity index (χ4n) is 1.72. The molecule has 0 unspecified atom stereocenters. The standard InChI is InChI=1S/C13H11N3OS/c1-17-10-4-2-3-8(5-10)12-16-11-6-9(14)7-15-13(11)18-12/h2-7H,14H2,1H3. The van der Waals surface area contributed by atoms with Crippen molar-refractivity contribution in [2.24, 2.45) is 0 Å². The highest BCUT2D eigenvalue weighted by Crippen LogP contribution is 2.31. The Bertz CT molecular complexity index is 708. The maximum atomic E-state index is 5.70. The monoisotopic (exact) mass is 257 g/mol. The lowest BCUT2D eigenvalue weighted by molar-refractivity contribution is 0.415. The molecule has 2 heterocycles. The van der Waals surface area contributed by atoms with E-state index in [1.165, 1.54) is 0 Å². The zero-order chi connectivity index (χ0) is 12.5. The van der Waals surface area contributed by atoms with Gasteiger partial charge in [-0.05, 0) is 18.2 Å². The van der Waals surface area contributed by atoms with E-state index in [9.17, 15) is 0 Å². The molecule has 0 amide bonds. The van der Waals surface area contributed by atoms with Crippen LogP contribution < -0.4 is 10.5 Å². The molecule has 5 heteroatoms. The molecular weight excluding hydrogens is 246 g/mol. The highest BCUT2D eigenvalue weighted by atomic mass is 32.1. The minimum absolute atomic E-state index is 0.630. The van der Waals surface area contributed by atoms with Crippen LogP contribution in [0.4, 0.5) is 5.69 Å². The molecule has 2 aromatic heterocycles. The Morgan fingerprint density at radius 3 is 3.00 bits per heavy atom. The van der Waals surface area contributed by atoms with E-state index in [1.807, 2.05) is 30.3 Å². The van der Waals surface area contributed by atoms with Crippen molar-refractivity contribution in [2.75, 3.05) is 12.8 Å². The van der Waals surface area contributed by atoms with E-state index in [0.717, 1.165) is 26.7 Å². The fourth-order valence-corrected chi connectivity index (χ4v) is 2.60. The molecule has 2 N–H and O–H groups in total. The van der Waals surface area contributed by atoms with Crippen LogP contribution in [0.3, 0.4) is 0 Å². The molecular formula is C13H11N3OS. The number of pyridine rings is 1. The second-order valence-corrected chi connectivity index (χ2v) is 4.82. The van der Waals surface area contributed by atoms with Gasteiger partial charge in [-0.15, -0.1) is 0 Å². The second-order valence-electron chi connectivity index (χ2n) is 3.84. The highest BCUT2D eigenvalue weighted by Gasteiger charge is 2.08. The highest BCUT2D eigenvalue weighted by molar-refractivity contribution is 7.21. The van der Waals surface area contributed by atoms with Gasteiger partial charge in [0.1, 0.15) is 21.1 Å². The van der Waals surface area contributed by atoms with Crippen LogP contribution in [-0.2, 0) is 0 Å². The quantitative estimate of drug-likeness (QED) is 0.766. The number of nitrogens with zero attached hydrogens (tertiary/aromatic N) is 2. The van der Waals surface area contributed by atoms with Crippen molar-refractivity contribution in [1.29, 1.82) is 0 Å².